The summed E-state index contributed by atoms with van der Waals surface area (Å²) in [5.41, 5.74) is 1.21. The van der Waals surface area contributed by atoms with Crippen LogP contribution in [0.25, 0.3) is 0 Å². The second kappa shape index (κ2) is 8.58. The van der Waals surface area contributed by atoms with Crippen molar-refractivity contribution in [3.63, 3.8) is 0 Å². The number of carbonyl (C=O) groups excluding carboxylic acids is 2. The number of nitrogens with one attached hydrogen (secondary N) is 1. The minimum absolute atomic E-state index is 0.0995. The molecule has 2 amide bonds. The van der Waals surface area contributed by atoms with E-state index in [-0.39, 0.29) is 23.3 Å². The third-order valence-electron chi connectivity index (χ3n) is 3.57. The van der Waals surface area contributed by atoms with E-state index in [0.29, 0.717) is 18.7 Å². The molecule has 0 spiro atoms. The van der Waals surface area contributed by atoms with Gasteiger partial charge in [0.15, 0.2) is 0 Å². The number of amides is 2. The normalized spacial score (nSPS) is 10.4. The minimum atomic E-state index is -0.579. The van der Waals surface area contributed by atoms with Crippen molar-refractivity contribution < 1.29 is 18.4 Å². The number of anilines is 1. The average Bonchev–Trinajstić information content (AvgIpc) is 2.56. The van der Waals surface area contributed by atoms with Crippen molar-refractivity contribution in [1.29, 1.82) is 0 Å². The molecule has 0 aliphatic carbocycles. The van der Waals surface area contributed by atoms with Crippen LogP contribution in [0.5, 0.6) is 0 Å². The summed E-state index contributed by atoms with van der Waals surface area (Å²) < 4.78 is 26.0. The van der Waals surface area contributed by atoms with Crippen LogP contribution in [-0.2, 0) is 16.0 Å². The standard InChI is InChI=1S/C18H17ClF2N2O2/c1-12(24)23(9-8-13-2-4-14(20)5-3-13)11-18(25)22-15-6-7-17(21)16(19)10-15/h2-7,10H,8-9,11H2,1H3,(H,22,25). The largest absolute Gasteiger partial charge is 0.333 e. The number of benzene rings is 2. The molecule has 0 aliphatic heterocycles. The van der Waals surface area contributed by atoms with Gasteiger partial charge in [0.2, 0.25) is 11.8 Å². The van der Waals surface area contributed by atoms with Gasteiger partial charge < -0.3 is 10.2 Å². The lowest BCUT2D eigenvalue weighted by molar-refractivity contribution is -0.132. The van der Waals surface area contributed by atoms with Crippen molar-refractivity contribution in [3.05, 3.63) is 64.7 Å². The van der Waals surface area contributed by atoms with Gasteiger partial charge in [0.05, 0.1) is 11.6 Å². The predicted octanol–water partition coefficient (Wildman–Crippen LogP) is 3.65. The number of halogens is 3. The van der Waals surface area contributed by atoms with Crippen LogP contribution in [-0.4, -0.2) is 29.8 Å². The van der Waals surface area contributed by atoms with Gasteiger partial charge in [-0.3, -0.25) is 9.59 Å². The highest BCUT2D eigenvalue weighted by Gasteiger charge is 2.14. The summed E-state index contributed by atoms with van der Waals surface area (Å²) in [5, 5.41) is 2.47. The maximum absolute atomic E-state index is 13.1. The molecular formula is C18H17ClF2N2O2. The number of hydrogen-bond acceptors (Lipinski definition) is 2. The molecule has 0 radical (unpaired) electrons. The predicted molar refractivity (Wildman–Crippen MR) is 92.4 cm³/mol. The highest BCUT2D eigenvalue weighted by Crippen LogP contribution is 2.19. The summed E-state index contributed by atoms with van der Waals surface area (Å²) in [7, 11) is 0. The molecule has 7 heteroatoms. The van der Waals surface area contributed by atoms with Crippen LogP contribution in [0.4, 0.5) is 14.5 Å². The summed E-state index contributed by atoms with van der Waals surface area (Å²) in [6.45, 7) is 1.54. The summed E-state index contributed by atoms with van der Waals surface area (Å²) in [6.07, 6.45) is 0.496. The second-order valence-electron chi connectivity index (χ2n) is 5.49. The van der Waals surface area contributed by atoms with Crippen molar-refractivity contribution in [1.82, 2.24) is 4.90 Å². The van der Waals surface area contributed by atoms with Crippen molar-refractivity contribution in [2.24, 2.45) is 0 Å². The van der Waals surface area contributed by atoms with Gasteiger partial charge >= 0.3 is 0 Å². The Hall–Kier alpha value is -2.47. The molecule has 2 aromatic carbocycles. The summed E-state index contributed by atoms with van der Waals surface area (Å²) in [4.78, 5) is 25.2. The molecule has 2 aromatic rings. The fourth-order valence-corrected chi connectivity index (χ4v) is 2.39. The topological polar surface area (TPSA) is 49.4 Å². The zero-order valence-corrected chi connectivity index (χ0v) is 14.3. The fraction of sp³-hybridized carbons (Fsp3) is 0.222. The van der Waals surface area contributed by atoms with Gasteiger partial charge in [0.25, 0.3) is 0 Å². The molecule has 4 nitrogen and oxygen atoms in total. The molecule has 0 unspecified atom stereocenters. The lowest BCUT2D eigenvalue weighted by atomic mass is 10.1. The van der Waals surface area contributed by atoms with Crippen molar-refractivity contribution in [2.45, 2.75) is 13.3 Å². The first-order chi connectivity index (χ1) is 11.8. The monoisotopic (exact) mass is 366 g/mol. The number of rotatable bonds is 6. The molecule has 25 heavy (non-hydrogen) atoms. The van der Waals surface area contributed by atoms with Gasteiger partial charge in [-0.05, 0) is 42.3 Å². The smallest absolute Gasteiger partial charge is 0.243 e. The molecule has 0 bridgehead atoms. The van der Waals surface area contributed by atoms with Crippen LogP contribution in [0.2, 0.25) is 5.02 Å². The highest BCUT2D eigenvalue weighted by molar-refractivity contribution is 6.31. The van der Waals surface area contributed by atoms with Crippen molar-refractivity contribution in [3.8, 4) is 0 Å². The summed E-state index contributed by atoms with van der Waals surface area (Å²) >= 11 is 5.66. The Morgan fingerprint density at radius 2 is 1.80 bits per heavy atom. The quantitative estimate of drug-likeness (QED) is 0.848. The maximum Gasteiger partial charge on any atom is 0.243 e. The van der Waals surface area contributed by atoms with Crippen LogP contribution in [0.3, 0.4) is 0 Å². The van der Waals surface area contributed by atoms with Gasteiger partial charge in [0.1, 0.15) is 11.6 Å². The van der Waals surface area contributed by atoms with Crippen LogP contribution in [0.15, 0.2) is 42.5 Å². The molecule has 0 saturated heterocycles. The molecule has 1 N–H and O–H groups in total. The SMILES string of the molecule is CC(=O)N(CCc1ccc(F)cc1)CC(=O)Nc1ccc(F)c(Cl)c1. The highest BCUT2D eigenvalue weighted by atomic mass is 35.5. The zero-order chi connectivity index (χ0) is 18.4. The first-order valence-corrected chi connectivity index (χ1v) is 7.98. The number of nitrogens with zero attached hydrogens (tertiary/aromatic N) is 1. The van der Waals surface area contributed by atoms with Gasteiger partial charge in [-0.2, -0.15) is 0 Å². The third kappa shape index (κ3) is 5.83. The Balaban J connectivity index is 1.93. The van der Waals surface area contributed by atoms with Crippen molar-refractivity contribution >= 4 is 29.1 Å². The zero-order valence-electron chi connectivity index (χ0n) is 13.6. The van der Waals surface area contributed by atoms with Gasteiger partial charge in [-0.25, -0.2) is 8.78 Å². The number of hydrogen-bond donors (Lipinski definition) is 1. The lowest BCUT2D eigenvalue weighted by Gasteiger charge is -2.20. The van der Waals surface area contributed by atoms with Gasteiger partial charge in [-0.1, -0.05) is 23.7 Å². The fourth-order valence-electron chi connectivity index (χ4n) is 2.21. The Labute approximate surface area is 149 Å². The molecule has 0 saturated carbocycles. The molecule has 0 fully saturated rings. The first kappa shape index (κ1) is 18.9. The van der Waals surface area contributed by atoms with Crippen LogP contribution < -0.4 is 5.32 Å². The molecule has 2 rings (SSSR count). The molecule has 132 valence electrons. The summed E-state index contributed by atoms with van der Waals surface area (Å²) in [6, 6.07) is 9.79. The van der Waals surface area contributed by atoms with Gasteiger partial charge in [0, 0.05) is 19.2 Å². The van der Waals surface area contributed by atoms with E-state index in [1.54, 1.807) is 12.1 Å². The molecule has 0 atom stereocenters. The van der Waals surface area contributed by atoms with Crippen LogP contribution in [0.1, 0.15) is 12.5 Å². The van der Waals surface area contributed by atoms with E-state index in [9.17, 15) is 18.4 Å². The molecule has 0 aliphatic rings. The van der Waals surface area contributed by atoms with E-state index in [1.807, 2.05) is 0 Å². The number of carbonyl (C=O) groups is 2. The first-order valence-electron chi connectivity index (χ1n) is 7.60. The molecule has 0 aromatic heterocycles. The van der Waals surface area contributed by atoms with Crippen molar-refractivity contribution in [2.75, 3.05) is 18.4 Å². The van der Waals surface area contributed by atoms with E-state index >= 15 is 0 Å². The van der Waals surface area contributed by atoms with E-state index in [0.717, 1.165) is 11.6 Å². The van der Waals surface area contributed by atoms with E-state index in [2.05, 4.69) is 5.32 Å². The van der Waals surface area contributed by atoms with E-state index in [4.69, 9.17) is 11.6 Å². The Morgan fingerprint density at radius 1 is 1.12 bits per heavy atom. The van der Waals surface area contributed by atoms with E-state index < -0.39 is 11.7 Å². The Bertz CT molecular complexity index is 766. The second-order valence-corrected chi connectivity index (χ2v) is 5.90. The van der Waals surface area contributed by atoms with E-state index in [1.165, 1.54) is 36.1 Å². The average molecular weight is 367 g/mol. The van der Waals surface area contributed by atoms with Gasteiger partial charge in [-0.15, -0.1) is 0 Å². The Morgan fingerprint density at radius 3 is 2.40 bits per heavy atom. The third-order valence-corrected chi connectivity index (χ3v) is 3.86. The Kier molecular flexibility index (Phi) is 6.47. The minimum Gasteiger partial charge on any atom is -0.333 e. The molecule has 0 heterocycles. The maximum atomic E-state index is 13.1. The van der Waals surface area contributed by atoms with Crippen LogP contribution >= 0.6 is 11.6 Å². The lowest BCUT2D eigenvalue weighted by Crippen LogP contribution is -2.38. The molecular weight excluding hydrogens is 350 g/mol. The summed E-state index contributed by atoms with van der Waals surface area (Å²) in [5.74, 6) is -1.58. The van der Waals surface area contributed by atoms with Crippen LogP contribution in [0, 0.1) is 11.6 Å².